The van der Waals surface area contributed by atoms with Crippen LogP contribution in [0.15, 0.2) is 119 Å². The zero-order valence-corrected chi connectivity index (χ0v) is 22.4. The van der Waals surface area contributed by atoms with Crippen molar-refractivity contribution in [2.24, 2.45) is 0 Å². The summed E-state index contributed by atoms with van der Waals surface area (Å²) in [6.07, 6.45) is 0. The van der Waals surface area contributed by atoms with Crippen molar-refractivity contribution in [2.45, 2.75) is 17.5 Å². The van der Waals surface area contributed by atoms with Crippen molar-refractivity contribution in [2.75, 3.05) is 6.54 Å². The first kappa shape index (κ1) is 26.1. The summed E-state index contributed by atoms with van der Waals surface area (Å²) < 4.78 is 29.1. The second kappa shape index (κ2) is 11.8. The van der Waals surface area contributed by atoms with Gasteiger partial charge in [-0.2, -0.15) is 4.31 Å². The van der Waals surface area contributed by atoms with Gasteiger partial charge in [-0.25, -0.2) is 8.42 Å². The molecule has 0 heterocycles. The highest BCUT2D eigenvalue weighted by atomic mass is 79.9. The predicted molar refractivity (Wildman–Crippen MR) is 146 cm³/mol. The van der Waals surface area contributed by atoms with E-state index in [1.165, 1.54) is 16.4 Å². The Balaban J connectivity index is 1.63. The van der Waals surface area contributed by atoms with E-state index in [-0.39, 0.29) is 18.0 Å². The van der Waals surface area contributed by atoms with Gasteiger partial charge in [-0.05, 0) is 53.1 Å². The number of amides is 1. The molecule has 4 aromatic carbocycles. The number of sulfonamides is 1. The summed E-state index contributed by atoms with van der Waals surface area (Å²) in [6, 6.07) is 32.0. The molecule has 0 spiro atoms. The van der Waals surface area contributed by atoms with Crippen LogP contribution in [-0.4, -0.2) is 25.2 Å². The first-order valence-corrected chi connectivity index (χ1v) is 13.8. The number of hydrogen-bond donors (Lipinski definition) is 1. The summed E-state index contributed by atoms with van der Waals surface area (Å²) in [7, 11) is -3.97. The molecule has 1 N–H and O–H groups in total. The normalized spacial score (nSPS) is 11.6. The van der Waals surface area contributed by atoms with Crippen molar-refractivity contribution in [3.63, 3.8) is 0 Å². The Morgan fingerprint density at radius 1 is 0.806 bits per heavy atom. The maximum absolute atomic E-state index is 13.6. The summed E-state index contributed by atoms with van der Waals surface area (Å²) >= 11 is 9.34. The van der Waals surface area contributed by atoms with Crippen LogP contribution in [0, 0.1) is 0 Å². The monoisotopic (exact) mass is 582 g/mol. The van der Waals surface area contributed by atoms with Gasteiger partial charge in [-0.15, -0.1) is 0 Å². The number of nitrogens with zero attached hydrogens (tertiary/aromatic N) is 1. The molecular formula is C28H24BrClN2O3S. The Labute approximate surface area is 224 Å². The Kier molecular flexibility index (Phi) is 8.59. The van der Waals surface area contributed by atoms with Gasteiger partial charge in [0.2, 0.25) is 15.9 Å². The Bertz CT molecular complexity index is 1360. The van der Waals surface area contributed by atoms with E-state index in [1.54, 1.807) is 36.4 Å². The molecule has 4 aromatic rings. The van der Waals surface area contributed by atoms with E-state index in [4.69, 9.17) is 11.6 Å². The average Bonchev–Trinajstić information content (AvgIpc) is 2.89. The quantitative estimate of drug-likeness (QED) is 0.255. The molecule has 0 bridgehead atoms. The minimum Gasteiger partial charge on any atom is -0.344 e. The van der Waals surface area contributed by atoms with Crippen LogP contribution in [0.2, 0.25) is 5.02 Å². The molecule has 0 saturated carbocycles. The van der Waals surface area contributed by atoms with E-state index < -0.39 is 22.0 Å². The molecule has 8 heteroatoms. The molecule has 0 aliphatic rings. The number of carbonyl (C=O) groups excluding carboxylic acids is 1. The Morgan fingerprint density at radius 3 is 1.86 bits per heavy atom. The molecule has 5 nitrogen and oxygen atoms in total. The van der Waals surface area contributed by atoms with Crippen LogP contribution in [-0.2, 0) is 21.4 Å². The third-order valence-electron chi connectivity index (χ3n) is 5.61. The fraction of sp³-hybridized carbons (Fsp3) is 0.107. The van der Waals surface area contributed by atoms with Crippen LogP contribution in [0.4, 0.5) is 0 Å². The molecule has 0 atom stereocenters. The number of rotatable bonds is 9. The van der Waals surface area contributed by atoms with Crippen molar-refractivity contribution >= 4 is 43.5 Å². The van der Waals surface area contributed by atoms with Crippen LogP contribution < -0.4 is 5.32 Å². The van der Waals surface area contributed by atoms with Gasteiger partial charge in [0.25, 0.3) is 0 Å². The molecule has 0 radical (unpaired) electrons. The van der Waals surface area contributed by atoms with Gasteiger partial charge in [0.1, 0.15) is 0 Å². The zero-order valence-electron chi connectivity index (χ0n) is 19.2. The second-order valence-electron chi connectivity index (χ2n) is 8.18. The number of hydrogen-bond acceptors (Lipinski definition) is 3. The lowest BCUT2D eigenvalue weighted by Gasteiger charge is -2.25. The van der Waals surface area contributed by atoms with Gasteiger partial charge in [-0.1, -0.05) is 100 Å². The fourth-order valence-corrected chi connectivity index (χ4v) is 5.57. The van der Waals surface area contributed by atoms with Gasteiger partial charge in [0.15, 0.2) is 0 Å². The highest BCUT2D eigenvalue weighted by Crippen LogP contribution is 2.24. The molecule has 0 unspecified atom stereocenters. The Hall–Kier alpha value is -2.97. The molecule has 0 aromatic heterocycles. The predicted octanol–water partition coefficient (Wildman–Crippen LogP) is 6.20. The summed E-state index contributed by atoms with van der Waals surface area (Å²) in [5.74, 6) is -0.414. The maximum atomic E-state index is 13.6. The molecule has 0 aliphatic carbocycles. The van der Waals surface area contributed by atoms with Crippen LogP contribution in [0.5, 0.6) is 0 Å². The van der Waals surface area contributed by atoms with Crippen LogP contribution in [0.1, 0.15) is 22.7 Å². The van der Waals surface area contributed by atoms with E-state index in [0.717, 1.165) is 21.2 Å². The lowest BCUT2D eigenvalue weighted by molar-refractivity contribution is -0.121. The first-order valence-electron chi connectivity index (χ1n) is 11.2. The van der Waals surface area contributed by atoms with Crippen molar-refractivity contribution < 1.29 is 13.2 Å². The van der Waals surface area contributed by atoms with E-state index in [0.29, 0.717) is 5.02 Å². The smallest absolute Gasteiger partial charge is 0.243 e. The van der Waals surface area contributed by atoms with Gasteiger partial charge in [-0.3, -0.25) is 4.79 Å². The molecule has 4 rings (SSSR count). The van der Waals surface area contributed by atoms with Gasteiger partial charge in [0.05, 0.1) is 17.5 Å². The molecule has 1 amide bonds. The molecule has 0 aliphatic heterocycles. The van der Waals surface area contributed by atoms with Crippen LogP contribution >= 0.6 is 27.5 Å². The summed E-state index contributed by atoms with van der Waals surface area (Å²) in [4.78, 5) is 13.4. The lowest BCUT2D eigenvalue weighted by Crippen LogP contribution is -2.41. The minimum atomic E-state index is -3.97. The highest BCUT2D eigenvalue weighted by molar-refractivity contribution is 9.10. The first-order chi connectivity index (χ1) is 17.3. The molecular weight excluding hydrogens is 560 g/mol. The third kappa shape index (κ3) is 6.62. The van der Waals surface area contributed by atoms with E-state index in [1.807, 2.05) is 60.7 Å². The van der Waals surface area contributed by atoms with Gasteiger partial charge >= 0.3 is 0 Å². The van der Waals surface area contributed by atoms with E-state index in [9.17, 15) is 13.2 Å². The maximum Gasteiger partial charge on any atom is 0.243 e. The largest absolute Gasteiger partial charge is 0.344 e. The topological polar surface area (TPSA) is 66.5 Å². The summed E-state index contributed by atoms with van der Waals surface area (Å²) in [5.41, 5.74) is 2.52. The molecule has 184 valence electrons. The zero-order chi connectivity index (χ0) is 25.5. The van der Waals surface area contributed by atoms with Crippen molar-refractivity contribution in [3.05, 3.63) is 135 Å². The summed E-state index contributed by atoms with van der Waals surface area (Å²) in [6.45, 7) is -0.332. The van der Waals surface area contributed by atoms with Crippen molar-refractivity contribution in [1.82, 2.24) is 9.62 Å². The second-order valence-corrected chi connectivity index (χ2v) is 11.5. The van der Waals surface area contributed by atoms with Gasteiger partial charge < -0.3 is 5.32 Å². The average molecular weight is 584 g/mol. The van der Waals surface area contributed by atoms with Gasteiger partial charge in [0, 0.05) is 16.0 Å². The number of halogens is 2. The highest BCUT2D eigenvalue weighted by Gasteiger charge is 2.28. The SMILES string of the molecule is O=C(CN(Cc1ccc(Cl)cc1)S(=O)(=O)c1ccc(Br)cc1)NC(c1ccccc1)c1ccccc1. The number of nitrogens with one attached hydrogen (secondary N) is 1. The van der Waals surface area contributed by atoms with E-state index >= 15 is 0 Å². The van der Waals surface area contributed by atoms with Crippen LogP contribution in [0.3, 0.4) is 0 Å². The summed E-state index contributed by atoms with van der Waals surface area (Å²) in [5, 5.41) is 3.58. The fourth-order valence-electron chi connectivity index (χ4n) is 3.79. The van der Waals surface area contributed by atoms with E-state index in [2.05, 4.69) is 21.2 Å². The molecule has 0 saturated heterocycles. The Morgan fingerprint density at radius 2 is 1.33 bits per heavy atom. The third-order valence-corrected chi connectivity index (χ3v) is 8.20. The standard InChI is InChI=1S/C28H24BrClN2O3S/c29-24-13-17-26(18-14-24)36(34,35)32(19-21-11-15-25(30)16-12-21)20-27(33)31-28(22-7-3-1-4-8-22)23-9-5-2-6-10-23/h1-18,28H,19-20H2,(H,31,33). The number of carbonyl (C=O) groups is 1. The number of benzene rings is 4. The van der Waals surface area contributed by atoms with Crippen LogP contribution in [0.25, 0.3) is 0 Å². The lowest BCUT2D eigenvalue weighted by atomic mass is 9.99. The molecule has 0 fully saturated rings. The molecule has 36 heavy (non-hydrogen) atoms. The van der Waals surface area contributed by atoms with Crippen molar-refractivity contribution in [3.8, 4) is 0 Å². The minimum absolute atomic E-state index is 0.0182. The van der Waals surface area contributed by atoms with Crippen molar-refractivity contribution in [1.29, 1.82) is 0 Å².